The van der Waals surface area contributed by atoms with E-state index in [9.17, 15) is 5.11 Å². The van der Waals surface area contributed by atoms with Crippen molar-refractivity contribution in [3.63, 3.8) is 0 Å². The van der Waals surface area contributed by atoms with E-state index in [1.165, 1.54) is 0 Å². The third-order valence-electron chi connectivity index (χ3n) is 3.14. The van der Waals surface area contributed by atoms with E-state index in [2.05, 4.69) is 5.32 Å². The molecule has 112 valence electrons. The van der Waals surface area contributed by atoms with E-state index in [1.807, 2.05) is 55.5 Å². The second kappa shape index (κ2) is 7.55. The van der Waals surface area contributed by atoms with Gasteiger partial charge in [0, 0.05) is 12.2 Å². The summed E-state index contributed by atoms with van der Waals surface area (Å²) in [5, 5.41) is 13.4. The lowest BCUT2D eigenvalue weighted by Gasteiger charge is -2.14. The normalized spacial score (nSPS) is 11.8. The standard InChI is InChI=1S/C17H21NO3/c1-3-21-15-9-7-14(8-10-15)18-12-17(19)13-5-4-6-16(11-13)20-2/h4-11,17-19H,3,12H2,1-2H3. The SMILES string of the molecule is CCOc1ccc(NCC(O)c2cccc(OC)c2)cc1. The van der Waals surface area contributed by atoms with Gasteiger partial charge in [0.05, 0.1) is 19.8 Å². The molecule has 1 atom stereocenters. The molecular formula is C17H21NO3. The van der Waals surface area contributed by atoms with Gasteiger partial charge in [-0.2, -0.15) is 0 Å². The van der Waals surface area contributed by atoms with Crippen molar-refractivity contribution >= 4 is 5.69 Å². The van der Waals surface area contributed by atoms with E-state index in [0.29, 0.717) is 13.2 Å². The fraction of sp³-hybridized carbons (Fsp3) is 0.294. The molecule has 1 unspecified atom stereocenters. The molecule has 0 saturated heterocycles. The van der Waals surface area contributed by atoms with Gasteiger partial charge in [-0.1, -0.05) is 12.1 Å². The van der Waals surface area contributed by atoms with E-state index in [4.69, 9.17) is 9.47 Å². The number of nitrogens with one attached hydrogen (secondary N) is 1. The molecule has 2 aromatic carbocycles. The molecule has 0 heterocycles. The van der Waals surface area contributed by atoms with Crippen LogP contribution in [0.4, 0.5) is 5.69 Å². The van der Waals surface area contributed by atoms with Crippen LogP contribution >= 0.6 is 0 Å². The van der Waals surface area contributed by atoms with Crippen molar-refractivity contribution < 1.29 is 14.6 Å². The van der Waals surface area contributed by atoms with Gasteiger partial charge in [0.2, 0.25) is 0 Å². The van der Waals surface area contributed by atoms with E-state index in [0.717, 1.165) is 22.7 Å². The number of anilines is 1. The van der Waals surface area contributed by atoms with Gasteiger partial charge in [0.1, 0.15) is 11.5 Å². The van der Waals surface area contributed by atoms with Gasteiger partial charge < -0.3 is 19.9 Å². The van der Waals surface area contributed by atoms with Gasteiger partial charge in [-0.15, -0.1) is 0 Å². The van der Waals surface area contributed by atoms with Crippen molar-refractivity contribution in [2.24, 2.45) is 0 Å². The third kappa shape index (κ3) is 4.39. The zero-order chi connectivity index (χ0) is 15.1. The van der Waals surface area contributed by atoms with E-state index in [-0.39, 0.29) is 0 Å². The first-order chi connectivity index (χ1) is 10.2. The van der Waals surface area contributed by atoms with Gasteiger partial charge in [-0.3, -0.25) is 0 Å². The van der Waals surface area contributed by atoms with Gasteiger partial charge in [0.15, 0.2) is 0 Å². The second-order valence-corrected chi connectivity index (χ2v) is 4.63. The lowest BCUT2D eigenvalue weighted by Crippen LogP contribution is -2.12. The highest BCUT2D eigenvalue weighted by Crippen LogP contribution is 2.20. The molecule has 0 saturated carbocycles. The fourth-order valence-corrected chi connectivity index (χ4v) is 2.02. The Labute approximate surface area is 125 Å². The maximum absolute atomic E-state index is 10.2. The highest BCUT2D eigenvalue weighted by Gasteiger charge is 2.08. The molecule has 0 aliphatic rings. The van der Waals surface area contributed by atoms with Crippen molar-refractivity contribution in [3.8, 4) is 11.5 Å². The molecule has 4 heteroatoms. The summed E-state index contributed by atoms with van der Waals surface area (Å²) in [6.45, 7) is 3.04. The highest BCUT2D eigenvalue weighted by atomic mass is 16.5. The largest absolute Gasteiger partial charge is 0.497 e. The van der Waals surface area contributed by atoms with E-state index in [1.54, 1.807) is 7.11 Å². The molecule has 2 N–H and O–H groups in total. The number of hydrogen-bond donors (Lipinski definition) is 2. The molecule has 21 heavy (non-hydrogen) atoms. The Balaban J connectivity index is 1.92. The molecule has 0 amide bonds. The molecular weight excluding hydrogens is 266 g/mol. The average molecular weight is 287 g/mol. The van der Waals surface area contributed by atoms with Crippen LogP contribution in [-0.2, 0) is 0 Å². The smallest absolute Gasteiger partial charge is 0.119 e. The van der Waals surface area contributed by atoms with Crippen molar-refractivity contribution in [1.29, 1.82) is 0 Å². The number of benzene rings is 2. The molecule has 0 aliphatic heterocycles. The van der Waals surface area contributed by atoms with Gasteiger partial charge in [-0.25, -0.2) is 0 Å². The molecule has 0 radical (unpaired) electrons. The number of ether oxygens (including phenoxy) is 2. The Hall–Kier alpha value is -2.20. The van der Waals surface area contributed by atoms with Crippen LogP contribution in [0, 0.1) is 0 Å². The number of aliphatic hydroxyl groups excluding tert-OH is 1. The van der Waals surface area contributed by atoms with Crippen LogP contribution in [0.1, 0.15) is 18.6 Å². The number of methoxy groups -OCH3 is 1. The Bertz CT molecular complexity index is 554. The summed E-state index contributed by atoms with van der Waals surface area (Å²) < 4.78 is 10.5. The molecule has 0 bridgehead atoms. The molecule has 2 rings (SSSR count). The lowest BCUT2D eigenvalue weighted by atomic mass is 10.1. The summed E-state index contributed by atoms with van der Waals surface area (Å²) in [5.41, 5.74) is 1.77. The molecule has 0 aliphatic carbocycles. The van der Waals surface area contributed by atoms with Crippen molar-refractivity contribution in [2.75, 3.05) is 25.6 Å². The predicted octanol–water partition coefficient (Wildman–Crippen LogP) is 3.24. The minimum Gasteiger partial charge on any atom is -0.497 e. The van der Waals surface area contributed by atoms with Crippen LogP contribution in [0.15, 0.2) is 48.5 Å². The minimum atomic E-state index is -0.591. The lowest BCUT2D eigenvalue weighted by molar-refractivity contribution is 0.191. The molecule has 0 fully saturated rings. The first kappa shape index (κ1) is 15.2. The van der Waals surface area contributed by atoms with Crippen LogP contribution in [-0.4, -0.2) is 25.4 Å². The summed E-state index contributed by atoms with van der Waals surface area (Å²) in [6, 6.07) is 15.1. The van der Waals surface area contributed by atoms with Crippen LogP contribution in [0.25, 0.3) is 0 Å². The van der Waals surface area contributed by atoms with Gasteiger partial charge >= 0.3 is 0 Å². The van der Waals surface area contributed by atoms with Crippen molar-refractivity contribution in [1.82, 2.24) is 0 Å². The maximum atomic E-state index is 10.2. The van der Waals surface area contributed by atoms with Gasteiger partial charge in [-0.05, 0) is 48.9 Å². The van der Waals surface area contributed by atoms with Crippen LogP contribution in [0.5, 0.6) is 11.5 Å². The Morgan fingerprint density at radius 2 is 1.86 bits per heavy atom. The summed E-state index contributed by atoms with van der Waals surface area (Å²) in [7, 11) is 1.61. The first-order valence-electron chi connectivity index (χ1n) is 7.01. The third-order valence-corrected chi connectivity index (χ3v) is 3.14. The fourth-order valence-electron chi connectivity index (χ4n) is 2.02. The monoisotopic (exact) mass is 287 g/mol. The van der Waals surface area contributed by atoms with Crippen LogP contribution in [0.2, 0.25) is 0 Å². The Morgan fingerprint density at radius 3 is 2.52 bits per heavy atom. The molecule has 0 spiro atoms. The Kier molecular flexibility index (Phi) is 5.46. The van der Waals surface area contributed by atoms with E-state index < -0.39 is 6.10 Å². The van der Waals surface area contributed by atoms with Crippen LogP contribution in [0.3, 0.4) is 0 Å². The van der Waals surface area contributed by atoms with Crippen LogP contribution < -0.4 is 14.8 Å². The topological polar surface area (TPSA) is 50.7 Å². The molecule has 0 aromatic heterocycles. The summed E-state index contributed by atoms with van der Waals surface area (Å²) in [4.78, 5) is 0. The van der Waals surface area contributed by atoms with Gasteiger partial charge in [0.25, 0.3) is 0 Å². The Morgan fingerprint density at radius 1 is 1.10 bits per heavy atom. The predicted molar refractivity (Wildman–Crippen MR) is 84.1 cm³/mol. The summed E-state index contributed by atoms with van der Waals surface area (Å²) >= 11 is 0. The summed E-state index contributed by atoms with van der Waals surface area (Å²) in [6.07, 6.45) is -0.591. The quantitative estimate of drug-likeness (QED) is 0.821. The molecule has 2 aromatic rings. The second-order valence-electron chi connectivity index (χ2n) is 4.63. The first-order valence-corrected chi connectivity index (χ1v) is 7.01. The van der Waals surface area contributed by atoms with Crippen molar-refractivity contribution in [3.05, 3.63) is 54.1 Å². The van der Waals surface area contributed by atoms with Crippen molar-refractivity contribution in [2.45, 2.75) is 13.0 Å². The zero-order valence-corrected chi connectivity index (χ0v) is 12.4. The minimum absolute atomic E-state index is 0.432. The zero-order valence-electron chi connectivity index (χ0n) is 12.4. The molecule has 4 nitrogen and oxygen atoms in total. The number of rotatable bonds is 7. The van der Waals surface area contributed by atoms with E-state index >= 15 is 0 Å². The number of aliphatic hydroxyl groups is 1. The number of hydrogen-bond acceptors (Lipinski definition) is 4. The average Bonchev–Trinajstić information content (AvgIpc) is 2.54. The highest BCUT2D eigenvalue weighted by molar-refractivity contribution is 5.46. The maximum Gasteiger partial charge on any atom is 0.119 e. The summed E-state index contributed by atoms with van der Waals surface area (Å²) in [5.74, 6) is 1.59.